The summed E-state index contributed by atoms with van der Waals surface area (Å²) in [7, 11) is -7.35. The van der Waals surface area contributed by atoms with Gasteiger partial charge in [0, 0.05) is 23.5 Å². The fourth-order valence-corrected chi connectivity index (χ4v) is 3.93. The van der Waals surface area contributed by atoms with E-state index in [9.17, 15) is 25.9 Å². The van der Waals surface area contributed by atoms with E-state index in [0.717, 1.165) is 12.1 Å². The van der Waals surface area contributed by atoms with Crippen LogP contribution in [0, 0.1) is 0 Å². The average Bonchev–Trinajstić information content (AvgIpc) is 2.51. The van der Waals surface area contributed by atoms with E-state index < -0.39 is 30.0 Å². The first kappa shape index (κ1) is 19.8. The molecule has 12 heteroatoms. The van der Waals surface area contributed by atoms with E-state index in [0.29, 0.717) is 0 Å². The number of nitrogen functional groups attached to an aromatic ring is 2. The molecule has 2 aromatic carbocycles. The summed E-state index contributed by atoms with van der Waals surface area (Å²) < 4.78 is 76.7. The lowest BCUT2D eigenvalue weighted by molar-refractivity contribution is 0.407. The lowest BCUT2D eigenvalue weighted by atomic mass is 10.0. The van der Waals surface area contributed by atoms with E-state index in [2.05, 4.69) is 0 Å². The SMILES string of the molecule is COc1cc(N)cc(S(=O)(=O)O)c1-c1c(OC)cc(N)cc1S(=O)(=O)O. The van der Waals surface area contributed by atoms with Gasteiger partial charge in [0.15, 0.2) is 0 Å². The smallest absolute Gasteiger partial charge is 0.295 e. The first-order valence-electron chi connectivity index (χ1n) is 6.80. The quantitative estimate of drug-likeness (QED) is 0.415. The summed E-state index contributed by atoms with van der Waals surface area (Å²) in [5, 5.41) is 0. The Morgan fingerprint density at radius 2 is 1.04 bits per heavy atom. The molecule has 0 aliphatic rings. The minimum absolute atomic E-state index is 0.0685. The van der Waals surface area contributed by atoms with Gasteiger partial charge in [-0.3, -0.25) is 9.11 Å². The Hall–Kier alpha value is -2.54. The predicted molar refractivity (Wildman–Crippen MR) is 93.4 cm³/mol. The molecule has 0 aliphatic carbocycles. The van der Waals surface area contributed by atoms with Crippen LogP contribution >= 0.6 is 0 Å². The maximum Gasteiger partial charge on any atom is 0.295 e. The van der Waals surface area contributed by atoms with E-state index in [1.54, 1.807) is 0 Å². The second-order valence-corrected chi connectivity index (χ2v) is 7.92. The van der Waals surface area contributed by atoms with Gasteiger partial charge in [0.05, 0.1) is 25.3 Å². The Kier molecular flexibility index (Phi) is 5.05. The summed E-state index contributed by atoms with van der Waals surface area (Å²) in [5.41, 5.74) is 10.4. The van der Waals surface area contributed by atoms with Crippen LogP contribution in [0.3, 0.4) is 0 Å². The second-order valence-electron chi connectivity index (χ2n) is 5.14. The zero-order valence-electron chi connectivity index (χ0n) is 13.6. The summed E-state index contributed by atoms with van der Waals surface area (Å²) in [6.07, 6.45) is 0. The molecule has 142 valence electrons. The van der Waals surface area contributed by atoms with Crippen molar-refractivity contribution in [2.24, 2.45) is 0 Å². The van der Waals surface area contributed by atoms with Crippen LogP contribution in [0.4, 0.5) is 11.4 Å². The van der Waals surface area contributed by atoms with Gasteiger partial charge in [-0.05, 0) is 12.1 Å². The van der Waals surface area contributed by atoms with E-state index >= 15 is 0 Å². The summed E-state index contributed by atoms with van der Waals surface area (Å²) in [6.45, 7) is 0. The summed E-state index contributed by atoms with van der Waals surface area (Å²) in [5.74, 6) is -0.351. The summed E-state index contributed by atoms with van der Waals surface area (Å²) in [4.78, 5) is -1.47. The van der Waals surface area contributed by atoms with Crippen LogP contribution in [0.15, 0.2) is 34.1 Å². The van der Waals surface area contributed by atoms with Crippen LogP contribution in [0.25, 0.3) is 11.1 Å². The number of benzene rings is 2. The zero-order valence-corrected chi connectivity index (χ0v) is 15.3. The highest BCUT2D eigenvalue weighted by atomic mass is 32.2. The van der Waals surface area contributed by atoms with E-state index in [-0.39, 0.29) is 34.0 Å². The van der Waals surface area contributed by atoms with Gasteiger partial charge in [0.2, 0.25) is 0 Å². The molecule has 0 spiro atoms. The molecule has 0 fully saturated rings. The predicted octanol–water partition coefficient (Wildman–Crippen LogP) is 1.03. The Labute approximate surface area is 149 Å². The monoisotopic (exact) mass is 404 g/mol. The first-order valence-corrected chi connectivity index (χ1v) is 9.68. The van der Waals surface area contributed by atoms with Crippen molar-refractivity contribution in [3.05, 3.63) is 24.3 Å². The topological polar surface area (TPSA) is 179 Å². The van der Waals surface area contributed by atoms with Gasteiger partial charge < -0.3 is 20.9 Å². The largest absolute Gasteiger partial charge is 0.496 e. The summed E-state index contributed by atoms with van der Waals surface area (Å²) >= 11 is 0. The molecular weight excluding hydrogens is 388 g/mol. The molecule has 26 heavy (non-hydrogen) atoms. The number of hydrogen-bond donors (Lipinski definition) is 4. The van der Waals surface area contributed by atoms with Gasteiger partial charge in [-0.2, -0.15) is 16.8 Å². The number of nitrogens with two attached hydrogens (primary N) is 2. The van der Waals surface area contributed by atoms with Gasteiger partial charge in [-0.25, -0.2) is 0 Å². The number of methoxy groups -OCH3 is 2. The van der Waals surface area contributed by atoms with Crippen LogP contribution in [0.5, 0.6) is 11.5 Å². The zero-order chi connectivity index (χ0) is 19.9. The molecule has 0 amide bonds. The van der Waals surface area contributed by atoms with Gasteiger partial charge in [-0.15, -0.1) is 0 Å². The minimum atomic E-state index is -4.86. The minimum Gasteiger partial charge on any atom is -0.496 e. The first-order chi connectivity index (χ1) is 11.9. The maximum absolute atomic E-state index is 11.8. The molecule has 0 saturated carbocycles. The molecule has 0 unspecified atom stereocenters. The molecule has 0 bridgehead atoms. The third-order valence-electron chi connectivity index (χ3n) is 3.42. The molecule has 10 nitrogen and oxygen atoms in total. The fraction of sp³-hybridized carbons (Fsp3) is 0.143. The average molecular weight is 404 g/mol. The van der Waals surface area contributed by atoms with Gasteiger partial charge in [0.25, 0.3) is 20.2 Å². The van der Waals surface area contributed by atoms with Crippen LogP contribution in [-0.2, 0) is 20.2 Å². The third kappa shape index (κ3) is 3.67. The number of anilines is 2. The van der Waals surface area contributed by atoms with E-state index in [1.807, 2.05) is 0 Å². The lowest BCUT2D eigenvalue weighted by Crippen LogP contribution is -2.09. The highest BCUT2D eigenvalue weighted by Gasteiger charge is 2.30. The molecule has 0 aromatic heterocycles. The Morgan fingerprint density at radius 3 is 1.27 bits per heavy atom. The van der Waals surface area contributed by atoms with Gasteiger partial charge in [0.1, 0.15) is 21.3 Å². The summed E-state index contributed by atoms with van der Waals surface area (Å²) in [6, 6.07) is 4.26. The van der Waals surface area contributed by atoms with Crippen LogP contribution in [0.1, 0.15) is 0 Å². The highest BCUT2D eigenvalue weighted by molar-refractivity contribution is 7.86. The molecule has 2 rings (SSSR count). The van der Waals surface area contributed by atoms with Crippen molar-refractivity contribution < 1.29 is 35.4 Å². The third-order valence-corrected chi connectivity index (χ3v) is 5.18. The standard InChI is InChI=1S/C14H16N2O8S2/c1-23-9-3-7(15)5-11(25(17,18)19)13(9)14-10(24-2)4-8(16)6-12(14)26(20,21)22/h3-6H,15-16H2,1-2H3,(H,17,18,19)(H,20,21,22). The molecular formula is C14H16N2O8S2. The van der Waals surface area contributed by atoms with Crippen molar-refractivity contribution in [2.45, 2.75) is 9.79 Å². The second kappa shape index (κ2) is 6.64. The van der Waals surface area contributed by atoms with Crippen LogP contribution < -0.4 is 20.9 Å². The normalized spacial score (nSPS) is 12.0. The number of ether oxygens (including phenoxy) is 2. The molecule has 6 N–H and O–H groups in total. The van der Waals surface area contributed by atoms with Gasteiger partial charge in [-0.1, -0.05) is 0 Å². The Bertz CT molecular complexity index is 991. The van der Waals surface area contributed by atoms with Crippen molar-refractivity contribution in [3.8, 4) is 22.6 Å². The van der Waals surface area contributed by atoms with Crippen LogP contribution in [0.2, 0.25) is 0 Å². The van der Waals surface area contributed by atoms with Crippen molar-refractivity contribution in [3.63, 3.8) is 0 Å². The number of hydrogen-bond acceptors (Lipinski definition) is 8. The Morgan fingerprint density at radius 1 is 0.731 bits per heavy atom. The van der Waals surface area contributed by atoms with Crippen molar-refractivity contribution >= 4 is 31.6 Å². The Balaban J connectivity index is 3.16. The number of rotatable bonds is 5. The fourth-order valence-electron chi connectivity index (χ4n) is 2.44. The van der Waals surface area contributed by atoms with Crippen molar-refractivity contribution in [2.75, 3.05) is 25.7 Å². The van der Waals surface area contributed by atoms with Crippen LogP contribution in [-0.4, -0.2) is 40.2 Å². The molecule has 0 atom stereocenters. The molecule has 0 heterocycles. The van der Waals surface area contributed by atoms with Gasteiger partial charge >= 0.3 is 0 Å². The van der Waals surface area contributed by atoms with E-state index in [4.69, 9.17) is 20.9 Å². The highest BCUT2D eigenvalue weighted by Crippen LogP contribution is 2.46. The lowest BCUT2D eigenvalue weighted by Gasteiger charge is -2.19. The van der Waals surface area contributed by atoms with Crippen molar-refractivity contribution in [1.82, 2.24) is 0 Å². The molecule has 0 radical (unpaired) electrons. The molecule has 0 aliphatic heterocycles. The van der Waals surface area contributed by atoms with Crippen molar-refractivity contribution in [1.29, 1.82) is 0 Å². The molecule has 0 saturated heterocycles. The van der Waals surface area contributed by atoms with E-state index in [1.165, 1.54) is 26.4 Å². The molecule has 2 aromatic rings. The maximum atomic E-state index is 11.8.